The molecular weight excluding hydrogens is 369 g/mol. The van der Waals surface area contributed by atoms with Crippen molar-refractivity contribution >= 4 is 21.7 Å². The van der Waals surface area contributed by atoms with Crippen LogP contribution < -0.4 is 5.73 Å². The van der Waals surface area contributed by atoms with Crippen molar-refractivity contribution in [3.05, 3.63) is 35.1 Å². The van der Waals surface area contributed by atoms with Gasteiger partial charge in [-0.1, -0.05) is 18.8 Å². The van der Waals surface area contributed by atoms with E-state index in [-0.39, 0.29) is 17.2 Å². The summed E-state index contributed by atoms with van der Waals surface area (Å²) in [4.78, 5) is 16.1. The number of hydrogen-bond donors (Lipinski definition) is 1. The topological polar surface area (TPSA) is 94.1 Å². The molecule has 2 aliphatic rings. The van der Waals surface area contributed by atoms with E-state index in [1.165, 1.54) is 25.2 Å². The van der Waals surface area contributed by atoms with Gasteiger partial charge in [0.25, 0.3) is 0 Å². The Morgan fingerprint density at radius 1 is 1.44 bits per heavy atom. The fourth-order valence-corrected chi connectivity index (χ4v) is 7.13. The highest BCUT2D eigenvalue weighted by Crippen LogP contribution is 2.47. The molecule has 1 heterocycles. The van der Waals surface area contributed by atoms with Gasteiger partial charge in [-0.05, 0) is 38.0 Å². The van der Waals surface area contributed by atoms with Crippen molar-refractivity contribution in [1.82, 2.24) is 0 Å². The molecule has 1 spiro atoms. The molecule has 1 aromatic carbocycles. The summed E-state index contributed by atoms with van der Waals surface area (Å²) in [7, 11) is -1.44. The van der Waals surface area contributed by atoms with E-state index in [0.717, 1.165) is 12.8 Å². The maximum absolute atomic E-state index is 14.7. The Morgan fingerprint density at radius 2 is 2.11 bits per heavy atom. The number of aliphatic imine (C=N–C) groups is 1. The van der Waals surface area contributed by atoms with Gasteiger partial charge in [0.05, 0.1) is 15.5 Å². The highest BCUT2D eigenvalue weighted by molar-refractivity contribution is 7.95. The molecule has 27 heavy (non-hydrogen) atoms. The minimum atomic E-state index is -2.91. The number of nitrogens with two attached hydrogens (primary N) is 1. The molecule has 144 valence electrons. The van der Waals surface area contributed by atoms with Gasteiger partial charge in [0.2, 0.25) is 5.90 Å². The number of ether oxygens (including phenoxy) is 1. The highest BCUT2D eigenvalue weighted by atomic mass is 32.2. The standard InChI is InChI=1S/C19H22FN3O3S/c1-4-13-7-8-15(20)14(11-13)18(2)12-27(25,22-3)19(9-5-6-10-19)16(23-18)26-17(21)24/h1,7-8,11H,5-6,9-10,12H2,2-3H3,(H2,21,24)/t18-,27+/m0/s1. The van der Waals surface area contributed by atoms with Gasteiger partial charge >= 0.3 is 6.09 Å². The van der Waals surface area contributed by atoms with Crippen molar-refractivity contribution in [2.75, 3.05) is 12.8 Å². The molecule has 6 nitrogen and oxygen atoms in total. The molecule has 0 unspecified atom stereocenters. The second kappa shape index (κ2) is 6.64. The number of amides is 1. The Bertz CT molecular complexity index is 982. The van der Waals surface area contributed by atoms with Crippen LogP contribution in [0.2, 0.25) is 0 Å². The fraction of sp³-hybridized carbons (Fsp3) is 0.474. The number of primary amides is 1. The average molecular weight is 391 g/mol. The minimum absolute atomic E-state index is 0.00701. The van der Waals surface area contributed by atoms with E-state index in [1.807, 2.05) is 0 Å². The van der Waals surface area contributed by atoms with E-state index in [4.69, 9.17) is 16.9 Å². The molecule has 1 aliphatic carbocycles. The van der Waals surface area contributed by atoms with E-state index < -0.39 is 31.9 Å². The van der Waals surface area contributed by atoms with Crippen molar-refractivity contribution in [1.29, 1.82) is 0 Å². The molecule has 2 atom stereocenters. The van der Waals surface area contributed by atoms with Crippen LogP contribution in [-0.2, 0) is 20.0 Å². The zero-order valence-corrected chi connectivity index (χ0v) is 16.1. The third kappa shape index (κ3) is 3.00. The van der Waals surface area contributed by atoms with Crippen LogP contribution in [0.4, 0.5) is 9.18 Å². The number of terminal acetylenes is 1. The summed E-state index contributed by atoms with van der Waals surface area (Å²) in [5.41, 5.74) is 4.64. The van der Waals surface area contributed by atoms with Crippen molar-refractivity contribution in [3.63, 3.8) is 0 Å². The Hall–Kier alpha value is -2.40. The van der Waals surface area contributed by atoms with Gasteiger partial charge < -0.3 is 10.5 Å². The Morgan fingerprint density at radius 3 is 2.67 bits per heavy atom. The molecule has 1 amide bonds. The number of carbonyl (C=O) groups excluding carboxylic acids is 1. The summed E-state index contributed by atoms with van der Waals surface area (Å²) in [6, 6.07) is 4.24. The Balaban J connectivity index is 2.28. The van der Waals surface area contributed by atoms with E-state index in [1.54, 1.807) is 6.92 Å². The van der Waals surface area contributed by atoms with Gasteiger partial charge in [-0.3, -0.25) is 0 Å². The van der Waals surface area contributed by atoms with E-state index in [2.05, 4.69) is 15.3 Å². The summed E-state index contributed by atoms with van der Waals surface area (Å²) in [5, 5.41) is 0. The predicted octanol–water partition coefficient (Wildman–Crippen LogP) is 2.94. The molecule has 0 radical (unpaired) electrons. The molecule has 0 saturated heterocycles. The predicted molar refractivity (Wildman–Crippen MR) is 102 cm³/mol. The lowest BCUT2D eigenvalue weighted by Gasteiger charge is -2.42. The maximum Gasteiger partial charge on any atom is 0.411 e. The summed E-state index contributed by atoms with van der Waals surface area (Å²) >= 11 is 0. The lowest BCUT2D eigenvalue weighted by Crippen LogP contribution is -2.55. The number of carbonyl (C=O) groups is 1. The lowest BCUT2D eigenvalue weighted by molar-refractivity contribution is 0.203. The summed E-state index contributed by atoms with van der Waals surface area (Å²) in [6.45, 7) is 1.64. The van der Waals surface area contributed by atoms with Crippen molar-refractivity contribution < 1.29 is 18.1 Å². The summed E-state index contributed by atoms with van der Waals surface area (Å²) in [6.07, 6.45) is 7.07. The smallest absolute Gasteiger partial charge is 0.394 e. The first-order chi connectivity index (χ1) is 12.7. The first kappa shape index (κ1) is 19.4. The van der Waals surface area contributed by atoms with Gasteiger partial charge in [0.15, 0.2) is 0 Å². The van der Waals surface area contributed by atoms with Crippen LogP contribution in [0.25, 0.3) is 0 Å². The molecule has 1 aromatic rings. The van der Waals surface area contributed by atoms with E-state index in [0.29, 0.717) is 18.4 Å². The van der Waals surface area contributed by atoms with Crippen LogP contribution in [0.1, 0.15) is 43.7 Å². The van der Waals surface area contributed by atoms with Crippen LogP contribution in [-0.4, -0.2) is 33.7 Å². The molecule has 3 rings (SSSR count). The Labute approximate surface area is 158 Å². The van der Waals surface area contributed by atoms with Crippen LogP contribution in [0.15, 0.2) is 27.6 Å². The SMILES string of the molecule is C#Cc1ccc(F)c([C@]2(C)C[S@](=O)(=NC)C3(CCCC3)C(OC(N)=O)=N2)c1. The number of hydrogen-bond acceptors (Lipinski definition) is 5. The van der Waals surface area contributed by atoms with Crippen LogP contribution in [0.3, 0.4) is 0 Å². The third-order valence-electron chi connectivity index (χ3n) is 5.44. The zero-order valence-electron chi connectivity index (χ0n) is 15.3. The molecule has 0 aromatic heterocycles. The number of benzene rings is 1. The molecule has 1 fully saturated rings. The van der Waals surface area contributed by atoms with Gasteiger partial charge in [-0.2, -0.15) is 0 Å². The molecule has 1 aliphatic heterocycles. The Kier molecular flexibility index (Phi) is 4.76. The average Bonchev–Trinajstić information content (AvgIpc) is 3.11. The van der Waals surface area contributed by atoms with Crippen LogP contribution in [0, 0.1) is 18.2 Å². The monoisotopic (exact) mass is 391 g/mol. The van der Waals surface area contributed by atoms with Gasteiger partial charge in [0, 0.05) is 18.2 Å². The third-order valence-corrected chi connectivity index (χ3v) is 8.79. The lowest BCUT2D eigenvalue weighted by atomic mass is 9.91. The van der Waals surface area contributed by atoms with E-state index >= 15 is 0 Å². The fourth-order valence-electron chi connectivity index (χ4n) is 4.11. The van der Waals surface area contributed by atoms with Gasteiger partial charge in [0.1, 0.15) is 16.1 Å². The normalized spacial score (nSPS) is 29.0. The van der Waals surface area contributed by atoms with E-state index in [9.17, 15) is 13.4 Å². The summed E-state index contributed by atoms with van der Waals surface area (Å²) in [5.74, 6) is 1.93. The second-order valence-corrected chi connectivity index (χ2v) is 9.84. The van der Waals surface area contributed by atoms with Crippen molar-refractivity contribution in [2.45, 2.75) is 42.9 Å². The van der Waals surface area contributed by atoms with Gasteiger partial charge in [-0.25, -0.2) is 22.7 Å². The highest BCUT2D eigenvalue weighted by Gasteiger charge is 2.56. The molecular formula is C19H22FN3O3S. The number of nitrogens with zero attached hydrogens (tertiary/aromatic N) is 2. The number of halogens is 1. The first-order valence-electron chi connectivity index (χ1n) is 8.66. The largest absolute Gasteiger partial charge is 0.411 e. The van der Waals surface area contributed by atoms with Crippen LogP contribution in [0.5, 0.6) is 0 Å². The first-order valence-corrected chi connectivity index (χ1v) is 10.3. The van der Waals surface area contributed by atoms with Crippen molar-refractivity contribution in [3.8, 4) is 12.3 Å². The zero-order chi connectivity index (χ0) is 19.9. The molecule has 8 heteroatoms. The van der Waals surface area contributed by atoms with Crippen molar-refractivity contribution in [2.24, 2.45) is 15.1 Å². The summed E-state index contributed by atoms with van der Waals surface area (Å²) < 4.78 is 37.1. The van der Waals surface area contributed by atoms with Crippen LogP contribution >= 0.6 is 0 Å². The molecule has 1 saturated carbocycles. The molecule has 2 N–H and O–H groups in total. The maximum atomic E-state index is 14.7. The van der Waals surface area contributed by atoms with Gasteiger partial charge in [-0.15, -0.1) is 6.42 Å². The number of rotatable bonds is 1. The minimum Gasteiger partial charge on any atom is -0.394 e. The second-order valence-electron chi connectivity index (χ2n) is 7.12. The molecule has 0 bridgehead atoms. The quantitative estimate of drug-likeness (QED) is 0.746.